The van der Waals surface area contributed by atoms with Crippen LogP contribution in [0.3, 0.4) is 0 Å². The van der Waals surface area contributed by atoms with Crippen LogP contribution in [0.1, 0.15) is 25.5 Å². The first-order chi connectivity index (χ1) is 14.6. The number of aryl methyl sites for hydroxylation is 1. The highest BCUT2D eigenvalue weighted by molar-refractivity contribution is 5.93. The van der Waals surface area contributed by atoms with Gasteiger partial charge in [0.15, 0.2) is 0 Å². The fraction of sp³-hybridized carbons (Fsp3) is 0.182. The molecule has 0 saturated heterocycles. The van der Waals surface area contributed by atoms with Crippen LogP contribution in [0.25, 0.3) is 11.3 Å². The van der Waals surface area contributed by atoms with Crippen LogP contribution in [0.5, 0.6) is 0 Å². The molecule has 0 bridgehead atoms. The van der Waals surface area contributed by atoms with Gasteiger partial charge in [-0.2, -0.15) is 5.10 Å². The second-order valence-corrected chi connectivity index (χ2v) is 7.04. The summed E-state index contributed by atoms with van der Waals surface area (Å²) in [5.74, 6) is -2.57. The van der Waals surface area contributed by atoms with Crippen molar-refractivity contribution in [2.24, 2.45) is 0 Å². The summed E-state index contributed by atoms with van der Waals surface area (Å²) >= 11 is 0. The van der Waals surface area contributed by atoms with E-state index in [4.69, 9.17) is 0 Å². The van der Waals surface area contributed by atoms with E-state index in [-0.39, 0.29) is 11.6 Å². The predicted molar refractivity (Wildman–Crippen MR) is 113 cm³/mol. The van der Waals surface area contributed by atoms with Crippen LogP contribution < -0.4 is 16.2 Å². The van der Waals surface area contributed by atoms with Gasteiger partial charge in [0.05, 0.1) is 5.69 Å². The summed E-state index contributed by atoms with van der Waals surface area (Å²) in [6.07, 6.45) is 0. The number of carbonyl (C=O) groups is 2. The zero-order valence-corrected chi connectivity index (χ0v) is 17.1. The van der Waals surface area contributed by atoms with E-state index in [0.717, 1.165) is 22.4 Å². The van der Waals surface area contributed by atoms with Crippen molar-refractivity contribution in [2.45, 2.75) is 26.8 Å². The van der Waals surface area contributed by atoms with Gasteiger partial charge in [-0.05, 0) is 43.7 Å². The predicted octanol–water partition coefficient (Wildman–Crippen LogP) is 3.66. The standard InChI is InChI=1S/C22H20F2N4O3/c1-12-4-5-15(8-20(12)25-14(3)29)19-6-7-21(30)28(27-19)13(2)22(31)26-18-10-16(23)9-17(24)11-18/h4-11,13H,1-3H3,(H,25,29)(H,26,31)/t13-/m0/s1. The van der Waals surface area contributed by atoms with Gasteiger partial charge in [-0.25, -0.2) is 13.5 Å². The van der Waals surface area contributed by atoms with Gasteiger partial charge >= 0.3 is 0 Å². The van der Waals surface area contributed by atoms with E-state index in [1.807, 2.05) is 6.92 Å². The summed E-state index contributed by atoms with van der Waals surface area (Å²) in [6.45, 7) is 4.68. The van der Waals surface area contributed by atoms with Crippen molar-refractivity contribution in [1.82, 2.24) is 9.78 Å². The average Bonchev–Trinajstić information content (AvgIpc) is 2.68. The van der Waals surface area contributed by atoms with Crippen molar-refractivity contribution in [1.29, 1.82) is 0 Å². The molecule has 7 nitrogen and oxygen atoms in total. The van der Waals surface area contributed by atoms with Gasteiger partial charge in [-0.15, -0.1) is 0 Å². The number of hydrogen-bond acceptors (Lipinski definition) is 4. The van der Waals surface area contributed by atoms with Gasteiger partial charge in [-0.1, -0.05) is 12.1 Å². The number of carbonyl (C=O) groups excluding carboxylic acids is 2. The number of halogens is 2. The molecule has 0 aliphatic rings. The summed E-state index contributed by atoms with van der Waals surface area (Å²) in [7, 11) is 0. The summed E-state index contributed by atoms with van der Waals surface area (Å²) < 4.78 is 27.7. The van der Waals surface area contributed by atoms with Crippen LogP contribution in [0.4, 0.5) is 20.2 Å². The van der Waals surface area contributed by atoms with E-state index in [1.165, 1.54) is 26.0 Å². The van der Waals surface area contributed by atoms with E-state index in [0.29, 0.717) is 23.0 Å². The lowest BCUT2D eigenvalue weighted by atomic mass is 10.1. The average molecular weight is 426 g/mol. The van der Waals surface area contributed by atoms with E-state index >= 15 is 0 Å². The third-order valence-corrected chi connectivity index (χ3v) is 4.55. The minimum Gasteiger partial charge on any atom is -0.326 e. The normalized spacial score (nSPS) is 11.6. The Hall–Kier alpha value is -3.88. The molecule has 3 rings (SSSR count). The van der Waals surface area contributed by atoms with E-state index < -0.39 is 29.1 Å². The number of nitrogens with one attached hydrogen (secondary N) is 2. The first-order valence-electron chi connectivity index (χ1n) is 9.39. The minimum absolute atomic E-state index is 0.0722. The number of nitrogens with zero attached hydrogens (tertiary/aromatic N) is 2. The highest BCUT2D eigenvalue weighted by Crippen LogP contribution is 2.24. The SMILES string of the molecule is CC(=O)Nc1cc(-c2ccc(=O)n([C@@H](C)C(=O)Nc3cc(F)cc(F)c3)n2)ccc1C. The van der Waals surface area contributed by atoms with Crippen molar-refractivity contribution in [2.75, 3.05) is 10.6 Å². The van der Waals surface area contributed by atoms with Crippen LogP contribution in [0.2, 0.25) is 0 Å². The maximum absolute atomic E-state index is 13.4. The molecule has 0 aliphatic heterocycles. The van der Waals surface area contributed by atoms with Crippen LogP contribution in [-0.2, 0) is 9.59 Å². The van der Waals surface area contributed by atoms with Crippen LogP contribution in [0, 0.1) is 18.6 Å². The molecule has 2 amide bonds. The number of benzene rings is 2. The van der Waals surface area contributed by atoms with Crippen molar-refractivity contribution < 1.29 is 18.4 Å². The molecular weight excluding hydrogens is 406 g/mol. The smallest absolute Gasteiger partial charge is 0.267 e. The highest BCUT2D eigenvalue weighted by atomic mass is 19.1. The third kappa shape index (κ3) is 5.19. The Balaban J connectivity index is 1.91. The molecule has 31 heavy (non-hydrogen) atoms. The summed E-state index contributed by atoms with van der Waals surface area (Å²) in [6, 6.07) is 9.63. The molecular formula is C22H20F2N4O3. The Morgan fingerprint density at radius 1 is 1.00 bits per heavy atom. The fourth-order valence-electron chi connectivity index (χ4n) is 2.95. The molecule has 160 valence electrons. The molecule has 0 unspecified atom stereocenters. The summed E-state index contributed by atoms with van der Waals surface area (Å²) in [5.41, 5.74) is 1.89. The molecule has 0 aliphatic carbocycles. The largest absolute Gasteiger partial charge is 0.326 e. The molecule has 1 atom stereocenters. The monoisotopic (exact) mass is 426 g/mol. The van der Waals surface area contributed by atoms with E-state index in [2.05, 4.69) is 15.7 Å². The first-order valence-corrected chi connectivity index (χ1v) is 9.39. The molecule has 1 aromatic heterocycles. The second-order valence-electron chi connectivity index (χ2n) is 7.04. The van der Waals surface area contributed by atoms with Gasteiger partial charge < -0.3 is 10.6 Å². The Kier molecular flexibility index (Phi) is 6.24. The molecule has 2 N–H and O–H groups in total. The van der Waals surface area contributed by atoms with Crippen LogP contribution >= 0.6 is 0 Å². The quantitative estimate of drug-likeness (QED) is 0.651. The third-order valence-electron chi connectivity index (χ3n) is 4.55. The van der Waals surface area contributed by atoms with Gasteiger partial charge in [0.1, 0.15) is 17.7 Å². The minimum atomic E-state index is -1.06. The van der Waals surface area contributed by atoms with Gasteiger partial charge in [-0.3, -0.25) is 14.4 Å². The number of hydrogen-bond donors (Lipinski definition) is 2. The number of amides is 2. The number of aromatic nitrogens is 2. The lowest BCUT2D eigenvalue weighted by Crippen LogP contribution is -2.33. The van der Waals surface area contributed by atoms with Crippen molar-refractivity contribution in [3.8, 4) is 11.3 Å². The Bertz CT molecular complexity index is 1200. The highest BCUT2D eigenvalue weighted by Gasteiger charge is 2.19. The second kappa shape index (κ2) is 8.86. The van der Waals surface area contributed by atoms with Gasteiger partial charge in [0, 0.05) is 36.0 Å². The molecule has 0 spiro atoms. The Labute approximate surface area is 176 Å². The Morgan fingerprint density at radius 2 is 1.68 bits per heavy atom. The van der Waals surface area contributed by atoms with Gasteiger partial charge in [0.25, 0.3) is 5.56 Å². The summed E-state index contributed by atoms with van der Waals surface area (Å²) in [5, 5.41) is 9.38. The molecule has 0 saturated carbocycles. The zero-order chi connectivity index (χ0) is 22.7. The Morgan fingerprint density at radius 3 is 2.32 bits per heavy atom. The number of rotatable bonds is 5. The van der Waals surface area contributed by atoms with Crippen LogP contribution in [0.15, 0.2) is 53.3 Å². The molecule has 2 aromatic carbocycles. The molecule has 9 heteroatoms. The van der Waals surface area contributed by atoms with E-state index in [1.54, 1.807) is 18.2 Å². The molecule has 0 fully saturated rings. The lowest BCUT2D eigenvalue weighted by molar-refractivity contribution is -0.119. The summed E-state index contributed by atoms with van der Waals surface area (Å²) in [4.78, 5) is 36.3. The maximum Gasteiger partial charge on any atom is 0.267 e. The fourth-order valence-corrected chi connectivity index (χ4v) is 2.95. The molecule has 3 aromatic rings. The zero-order valence-electron chi connectivity index (χ0n) is 17.1. The first kappa shape index (κ1) is 21.8. The topological polar surface area (TPSA) is 93.1 Å². The van der Waals surface area contributed by atoms with Crippen molar-refractivity contribution in [3.05, 3.63) is 76.1 Å². The van der Waals surface area contributed by atoms with Crippen LogP contribution in [-0.4, -0.2) is 21.6 Å². The van der Waals surface area contributed by atoms with Crippen molar-refractivity contribution >= 4 is 23.2 Å². The lowest BCUT2D eigenvalue weighted by Gasteiger charge is -2.16. The van der Waals surface area contributed by atoms with E-state index in [9.17, 15) is 23.2 Å². The number of anilines is 2. The molecule has 1 heterocycles. The van der Waals surface area contributed by atoms with Crippen molar-refractivity contribution in [3.63, 3.8) is 0 Å². The molecule has 0 radical (unpaired) electrons. The maximum atomic E-state index is 13.4. The van der Waals surface area contributed by atoms with Gasteiger partial charge in [0.2, 0.25) is 11.8 Å².